The molecule has 2 aromatic rings. The first-order valence-corrected chi connectivity index (χ1v) is 41.4. The number of epoxide rings is 2. The van der Waals surface area contributed by atoms with Crippen LogP contribution in [0.25, 0.3) is 0 Å². The van der Waals surface area contributed by atoms with Crippen molar-refractivity contribution in [3.8, 4) is 11.5 Å². The summed E-state index contributed by atoms with van der Waals surface area (Å²) in [5.41, 5.74) is 0. The Bertz CT molecular complexity index is 1380. The molecule has 0 N–H and O–H groups in total. The minimum absolute atomic E-state index is 0.229. The van der Waals surface area contributed by atoms with E-state index < -0.39 is 68.0 Å². The molecule has 0 spiro atoms. The van der Waals surface area contributed by atoms with Crippen molar-refractivity contribution in [2.24, 2.45) is 0 Å². The van der Waals surface area contributed by atoms with Crippen LogP contribution in [0.1, 0.15) is 0 Å². The molecule has 19 heteroatoms. The second kappa shape index (κ2) is 16.7. The van der Waals surface area contributed by atoms with E-state index in [1.165, 1.54) is 10.4 Å². The lowest BCUT2D eigenvalue weighted by Crippen LogP contribution is -2.62. The van der Waals surface area contributed by atoms with Gasteiger partial charge in [-0.25, -0.2) is 0 Å². The van der Waals surface area contributed by atoms with Gasteiger partial charge in [-0.2, -0.15) is 0 Å². The van der Waals surface area contributed by atoms with Crippen LogP contribution in [-0.2, 0) is 38.3 Å². The van der Waals surface area contributed by atoms with Crippen LogP contribution in [0.5, 0.6) is 11.5 Å². The second-order valence-electron chi connectivity index (χ2n) is 17.7. The SMILES string of the molecule is C[Si](C)(O[Si](C)(C)O[Si](C)(C)O[Si](C)(C)O[Si](C)(C)c1ccc(OCC2CO2)cc1)O[Si](C)(C)O[Si](C)(C)O[Si](C)(C)c1ccc(OCC2CO2)cc1. The van der Waals surface area contributed by atoms with E-state index in [2.05, 4.69) is 129 Å². The normalized spacial score (nSPS) is 18.9. The lowest BCUT2D eigenvalue weighted by atomic mass is 10.3. The molecule has 2 saturated heterocycles. The zero-order valence-corrected chi connectivity index (χ0v) is 43.1. The third-order valence-corrected chi connectivity index (χ3v) is 39.4. The summed E-state index contributed by atoms with van der Waals surface area (Å²) in [6.45, 7) is 36.7. The molecule has 11 nitrogen and oxygen atoms in total. The summed E-state index contributed by atoms with van der Waals surface area (Å²) in [6.07, 6.45) is 0.458. The van der Waals surface area contributed by atoms with E-state index in [1.807, 2.05) is 24.3 Å². The van der Waals surface area contributed by atoms with Crippen LogP contribution < -0.4 is 19.8 Å². The highest BCUT2D eigenvalue weighted by Crippen LogP contribution is 2.30. The van der Waals surface area contributed by atoms with Gasteiger partial charge in [-0.3, -0.25) is 0 Å². The highest BCUT2D eigenvalue weighted by atomic mass is 28.5. The summed E-state index contributed by atoms with van der Waals surface area (Å²) in [5, 5.41) is 2.38. The van der Waals surface area contributed by atoms with Crippen molar-refractivity contribution in [1.29, 1.82) is 0 Å². The molecule has 300 valence electrons. The first kappa shape index (κ1) is 45.1. The Morgan fingerprint density at radius 2 is 0.623 bits per heavy atom. The number of ether oxygens (including phenoxy) is 4. The van der Waals surface area contributed by atoms with Gasteiger partial charge in [0, 0.05) is 0 Å². The van der Waals surface area contributed by atoms with Gasteiger partial charge in [0.05, 0.1) is 13.2 Å². The first-order valence-electron chi connectivity index (χ1n) is 18.7. The standard InChI is InChI=1S/C34H66O11Si8/c1-46(2,33-21-17-29(18-22-33)35-25-31-27-37-31)39-48(5,6)41-50(9,10)43-52(13,14)45-53(15,16)44-51(11,12)42-49(7,8)40-47(3,4)34-23-19-30(20-24-34)36-26-32-28-38-32/h17-24,31-32H,25-28H2,1-16H3. The molecule has 0 amide bonds. The average Bonchev–Trinajstić information content (AvgIpc) is 3.86. The van der Waals surface area contributed by atoms with Gasteiger partial charge < -0.3 is 47.8 Å². The van der Waals surface area contributed by atoms with Crippen LogP contribution >= 0.6 is 0 Å². The van der Waals surface area contributed by atoms with Crippen molar-refractivity contribution in [2.45, 2.75) is 117 Å². The Balaban J connectivity index is 1.29. The Kier molecular flexibility index (Phi) is 14.2. The van der Waals surface area contributed by atoms with Crippen molar-refractivity contribution in [3.05, 3.63) is 48.5 Å². The molecule has 4 rings (SSSR count). The number of benzene rings is 2. The minimum Gasteiger partial charge on any atom is -0.491 e. The van der Waals surface area contributed by atoms with Gasteiger partial charge in [0.25, 0.3) is 0 Å². The van der Waals surface area contributed by atoms with Crippen molar-refractivity contribution < 1.29 is 47.8 Å². The molecule has 2 atom stereocenters. The topological polar surface area (TPSA) is 108 Å². The molecule has 2 unspecified atom stereocenters. The highest BCUT2D eigenvalue weighted by molar-refractivity contribution is 6.95. The first-order chi connectivity index (χ1) is 24.1. The van der Waals surface area contributed by atoms with Gasteiger partial charge in [-0.15, -0.1) is 0 Å². The Morgan fingerprint density at radius 1 is 0.396 bits per heavy atom. The van der Waals surface area contributed by atoms with Crippen molar-refractivity contribution in [1.82, 2.24) is 0 Å². The largest absolute Gasteiger partial charge is 0.491 e. The molecular weight excluding hydrogens is 809 g/mol. The minimum atomic E-state index is -2.70. The van der Waals surface area contributed by atoms with Gasteiger partial charge in [-0.05, 0) is 139 Å². The monoisotopic (exact) mass is 874 g/mol. The number of hydrogen-bond donors (Lipinski definition) is 0. The Morgan fingerprint density at radius 3 is 0.849 bits per heavy atom. The maximum Gasteiger partial charge on any atom is 0.314 e. The highest BCUT2D eigenvalue weighted by Gasteiger charge is 2.49. The van der Waals surface area contributed by atoms with Gasteiger partial charge in [0.1, 0.15) is 36.9 Å². The van der Waals surface area contributed by atoms with Crippen molar-refractivity contribution >= 4 is 78.4 Å². The van der Waals surface area contributed by atoms with Gasteiger partial charge in [0.15, 0.2) is 0 Å². The van der Waals surface area contributed by atoms with Crippen LogP contribution in [-0.4, -0.2) is 107 Å². The van der Waals surface area contributed by atoms with E-state index >= 15 is 0 Å². The fourth-order valence-corrected chi connectivity index (χ4v) is 46.7. The van der Waals surface area contributed by atoms with Gasteiger partial charge in [0.2, 0.25) is 16.6 Å². The fourth-order valence-electron chi connectivity index (χ4n) is 7.04. The molecule has 2 aromatic carbocycles. The molecule has 2 aliphatic rings. The van der Waals surface area contributed by atoms with E-state index in [1.54, 1.807) is 0 Å². The van der Waals surface area contributed by atoms with Gasteiger partial charge in [-0.1, -0.05) is 24.3 Å². The zero-order valence-electron chi connectivity index (χ0n) is 35.1. The summed E-state index contributed by atoms with van der Waals surface area (Å²) in [7, 11) is -20.5. The van der Waals surface area contributed by atoms with E-state index in [0.717, 1.165) is 24.7 Å². The van der Waals surface area contributed by atoms with Crippen LogP contribution in [0.15, 0.2) is 48.5 Å². The maximum absolute atomic E-state index is 6.89. The lowest BCUT2D eigenvalue weighted by molar-refractivity contribution is 0.263. The third kappa shape index (κ3) is 15.7. The van der Waals surface area contributed by atoms with E-state index in [4.69, 9.17) is 47.8 Å². The van der Waals surface area contributed by atoms with Crippen LogP contribution in [0, 0.1) is 0 Å². The third-order valence-electron chi connectivity index (χ3n) is 8.24. The van der Waals surface area contributed by atoms with E-state index in [-0.39, 0.29) is 12.2 Å². The summed E-state index contributed by atoms with van der Waals surface area (Å²) in [5.74, 6) is 1.69. The molecule has 0 aliphatic carbocycles. The molecular formula is C34H66O11Si8. The molecule has 0 aromatic heterocycles. The Labute approximate surface area is 328 Å². The predicted molar refractivity (Wildman–Crippen MR) is 230 cm³/mol. The quantitative estimate of drug-likeness (QED) is 0.0894. The molecule has 0 bridgehead atoms. The molecule has 2 fully saturated rings. The number of rotatable bonds is 22. The molecule has 53 heavy (non-hydrogen) atoms. The van der Waals surface area contributed by atoms with Crippen LogP contribution in [0.2, 0.25) is 105 Å². The molecule has 2 aliphatic heterocycles. The summed E-state index contributed by atoms with van der Waals surface area (Å²) in [6, 6.07) is 16.5. The smallest absolute Gasteiger partial charge is 0.314 e. The fraction of sp³-hybridized carbons (Fsp3) is 0.647. The van der Waals surface area contributed by atoms with Crippen LogP contribution in [0.4, 0.5) is 0 Å². The van der Waals surface area contributed by atoms with Crippen molar-refractivity contribution in [2.75, 3.05) is 26.4 Å². The summed E-state index contributed by atoms with van der Waals surface area (Å²) < 4.78 is 70.1. The summed E-state index contributed by atoms with van der Waals surface area (Å²) >= 11 is 0. The molecule has 0 saturated carbocycles. The zero-order chi connectivity index (χ0) is 39.7. The van der Waals surface area contributed by atoms with Gasteiger partial charge >= 0.3 is 51.4 Å². The van der Waals surface area contributed by atoms with Crippen LogP contribution in [0.3, 0.4) is 0 Å². The maximum atomic E-state index is 6.89. The second-order valence-corrected chi connectivity index (χ2v) is 47.4. The average molecular weight is 876 g/mol. The van der Waals surface area contributed by atoms with E-state index in [9.17, 15) is 0 Å². The predicted octanol–water partition coefficient (Wildman–Crippen LogP) is 7.09. The Hall–Kier alpha value is -0.585. The lowest BCUT2D eigenvalue weighted by Gasteiger charge is -2.44. The molecule has 2 heterocycles. The van der Waals surface area contributed by atoms with E-state index in [0.29, 0.717) is 13.2 Å². The van der Waals surface area contributed by atoms with Crippen molar-refractivity contribution in [3.63, 3.8) is 0 Å². The summed E-state index contributed by atoms with van der Waals surface area (Å²) in [4.78, 5) is 0. The number of hydrogen-bond acceptors (Lipinski definition) is 11. The molecule has 0 radical (unpaired) electrons.